The molecule has 2 atom stereocenters. The standard InChI is InChI=1S/C16H23N3O2/c1-3-9-18-15(20)14-10-11-7-5-6-8-13(11)19(14)16(21)12(17)4-2/h5-8,12,14H,3-4,9-10,17H2,1-2H3,(H,18,20)/t12?,14-/m0/s1. The molecule has 0 spiro atoms. The van der Waals surface area contributed by atoms with Crippen LogP contribution >= 0.6 is 0 Å². The third kappa shape index (κ3) is 3.08. The van der Waals surface area contributed by atoms with E-state index < -0.39 is 12.1 Å². The molecule has 1 aromatic rings. The number of carbonyl (C=O) groups excluding carboxylic acids is 2. The molecule has 1 aromatic carbocycles. The Labute approximate surface area is 125 Å². The summed E-state index contributed by atoms with van der Waals surface area (Å²) in [4.78, 5) is 26.5. The fraction of sp³-hybridized carbons (Fsp3) is 0.500. The summed E-state index contributed by atoms with van der Waals surface area (Å²) in [5, 5.41) is 2.88. The van der Waals surface area contributed by atoms with Crippen molar-refractivity contribution in [2.24, 2.45) is 5.73 Å². The lowest BCUT2D eigenvalue weighted by Crippen LogP contribution is -2.53. The van der Waals surface area contributed by atoms with Gasteiger partial charge in [0.25, 0.3) is 0 Å². The first-order valence-electron chi connectivity index (χ1n) is 7.54. The third-order valence-electron chi connectivity index (χ3n) is 3.82. The largest absolute Gasteiger partial charge is 0.354 e. The van der Waals surface area contributed by atoms with Crippen LogP contribution < -0.4 is 16.0 Å². The Balaban J connectivity index is 2.29. The van der Waals surface area contributed by atoms with Gasteiger partial charge >= 0.3 is 0 Å². The topological polar surface area (TPSA) is 75.4 Å². The number of para-hydroxylation sites is 1. The van der Waals surface area contributed by atoms with Gasteiger partial charge in [0, 0.05) is 18.7 Å². The Morgan fingerprint density at radius 2 is 2.10 bits per heavy atom. The molecule has 5 heteroatoms. The molecule has 1 aliphatic rings. The van der Waals surface area contributed by atoms with Crippen LogP contribution in [0.5, 0.6) is 0 Å². The van der Waals surface area contributed by atoms with E-state index in [1.165, 1.54) is 0 Å². The molecule has 2 rings (SSSR count). The molecule has 0 saturated carbocycles. The normalized spacial score (nSPS) is 18.2. The third-order valence-corrected chi connectivity index (χ3v) is 3.82. The van der Waals surface area contributed by atoms with Crippen LogP contribution in [0.3, 0.4) is 0 Å². The van der Waals surface area contributed by atoms with Gasteiger partial charge in [-0.25, -0.2) is 0 Å². The predicted molar refractivity (Wildman–Crippen MR) is 83.0 cm³/mol. The number of nitrogens with zero attached hydrogens (tertiary/aromatic N) is 1. The maximum absolute atomic E-state index is 12.5. The van der Waals surface area contributed by atoms with Gasteiger partial charge in [0.15, 0.2) is 0 Å². The summed E-state index contributed by atoms with van der Waals surface area (Å²) in [7, 11) is 0. The van der Waals surface area contributed by atoms with E-state index in [0.29, 0.717) is 19.4 Å². The molecule has 1 heterocycles. The maximum atomic E-state index is 12.5. The van der Waals surface area contributed by atoms with E-state index in [-0.39, 0.29) is 11.8 Å². The van der Waals surface area contributed by atoms with Crippen LogP contribution in [-0.4, -0.2) is 30.4 Å². The molecular formula is C16H23N3O2. The summed E-state index contributed by atoms with van der Waals surface area (Å²) in [6, 6.07) is 6.58. The number of benzene rings is 1. The van der Waals surface area contributed by atoms with Crippen molar-refractivity contribution >= 4 is 17.5 Å². The number of nitrogens with two attached hydrogens (primary N) is 1. The second-order valence-corrected chi connectivity index (χ2v) is 5.36. The highest BCUT2D eigenvalue weighted by molar-refractivity contribution is 6.05. The van der Waals surface area contributed by atoms with E-state index in [0.717, 1.165) is 17.7 Å². The summed E-state index contributed by atoms with van der Waals surface area (Å²) in [6.45, 7) is 4.49. The van der Waals surface area contributed by atoms with Gasteiger partial charge in [-0.3, -0.25) is 14.5 Å². The minimum Gasteiger partial charge on any atom is -0.354 e. The summed E-state index contributed by atoms with van der Waals surface area (Å²) < 4.78 is 0. The van der Waals surface area contributed by atoms with E-state index in [1.54, 1.807) is 4.90 Å². The number of hydrogen-bond donors (Lipinski definition) is 2. The van der Waals surface area contributed by atoms with Crippen molar-refractivity contribution in [3.05, 3.63) is 29.8 Å². The second-order valence-electron chi connectivity index (χ2n) is 5.36. The quantitative estimate of drug-likeness (QED) is 0.855. The van der Waals surface area contributed by atoms with Gasteiger partial charge in [-0.2, -0.15) is 0 Å². The van der Waals surface area contributed by atoms with Crippen LogP contribution in [0.15, 0.2) is 24.3 Å². The van der Waals surface area contributed by atoms with Gasteiger partial charge in [-0.05, 0) is 24.5 Å². The molecule has 0 aromatic heterocycles. The van der Waals surface area contributed by atoms with Gasteiger partial charge in [-0.15, -0.1) is 0 Å². The molecule has 1 unspecified atom stereocenters. The van der Waals surface area contributed by atoms with Crippen LogP contribution in [0.1, 0.15) is 32.3 Å². The van der Waals surface area contributed by atoms with Crippen molar-refractivity contribution < 1.29 is 9.59 Å². The monoisotopic (exact) mass is 289 g/mol. The number of nitrogens with one attached hydrogen (secondary N) is 1. The highest BCUT2D eigenvalue weighted by atomic mass is 16.2. The van der Waals surface area contributed by atoms with Crippen LogP contribution in [0.2, 0.25) is 0 Å². The van der Waals surface area contributed by atoms with Crippen LogP contribution in [0.4, 0.5) is 5.69 Å². The molecule has 0 aliphatic carbocycles. The minimum absolute atomic E-state index is 0.107. The summed E-state index contributed by atoms with van der Waals surface area (Å²) in [5.41, 5.74) is 7.72. The number of hydrogen-bond acceptors (Lipinski definition) is 3. The molecule has 2 amide bonds. The molecule has 114 valence electrons. The van der Waals surface area contributed by atoms with E-state index in [4.69, 9.17) is 5.73 Å². The Hall–Kier alpha value is -1.88. The Morgan fingerprint density at radius 3 is 2.76 bits per heavy atom. The lowest BCUT2D eigenvalue weighted by Gasteiger charge is -2.27. The van der Waals surface area contributed by atoms with Gasteiger partial charge in [0.1, 0.15) is 6.04 Å². The molecule has 21 heavy (non-hydrogen) atoms. The van der Waals surface area contributed by atoms with Gasteiger partial charge in [0.05, 0.1) is 6.04 Å². The van der Waals surface area contributed by atoms with Crippen LogP contribution in [0.25, 0.3) is 0 Å². The first-order valence-corrected chi connectivity index (χ1v) is 7.54. The smallest absolute Gasteiger partial charge is 0.244 e. The number of amides is 2. The van der Waals surface area contributed by atoms with Crippen LogP contribution in [0, 0.1) is 0 Å². The Morgan fingerprint density at radius 1 is 1.38 bits per heavy atom. The van der Waals surface area contributed by atoms with E-state index in [9.17, 15) is 9.59 Å². The molecule has 1 aliphatic heterocycles. The highest BCUT2D eigenvalue weighted by Gasteiger charge is 2.39. The zero-order chi connectivity index (χ0) is 15.4. The fourth-order valence-corrected chi connectivity index (χ4v) is 2.59. The molecule has 3 N–H and O–H groups in total. The molecule has 5 nitrogen and oxygen atoms in total. The van der Waals surface area contributed by atoms with Crippen molar-refractivity contribution in [1.29, 1.82) is 0 Å². The first-order chi connectivity index (χ1) is 10.1. The van der Waals surface area contributed by atoms with Crippen LogP contribution in [-0.2, 0) is 16.0 Å². The predicted octanol–water partition coefficient (Wildman–Crippen LogP) is 1.21. The summed E-state index contributed by atoms with van der Waals surface area (Å²) in [6.07, 6.45) is 1.97. The lowest BCUT2D eigenvalue weighted by molar-refractivity contribution is -0.126. The van der Waals surface area contributed by atoms with Crippen molar-refractivity contribution in [2.75, 3.05) is 11.4 Å². The molecule has 0 bridgehead atoms. The van der Waals surface area contributed by atoms with Gasteiger partial charge < -0.3 is 11.1 Å². The minimum atomic E-state index is -0.572. The van der Waals surface area contributed by atoms with E-state index in [2.05, 4.69) is 5.32 Å². The van der Waals surface area contributed by atoms with E-state index in [1.807, 2.05) is 38.1 Å². The summed E-state index contributed by atoms with van der Waals surface area (Å²) >= 11 is 0. The maximum Gasteiger partial charge on any atom is 0.244 e. The Kier molecular flexibility index (Phi) is 4.96. The molecule has 0 fully saturated rings. The van der Waals surface area contributed by atoms with E-state index >= 15 is 0 Å². The lowest BCUT2D eigenvalue weighted by atomic mass is 10.1. The molecular weight excluding hydrogens is 266 g/mol. The number of fused-ring (bicyclic) bond motifs is 1. The SMILES string of the molecule is CCCNC(=O)[C@@H]1Cc2ccccc2N1C(=O)C(N)CC. The second kappa shape index (κ2) is 6.72. The zero-order valence-electron chi connectivity index (χ0n) is 12.6. The van der Waals surface area contributed by atoms with Crippen molar-refractivity contribution in [3.8, 4) is 0 Å². The fourth-order valence-electron chi connectivity index (χ4n) is 2.59. The number of carbonyl (C=O) groups is 2. The summed E-state index contributed by atoms with van der Waals surface area (Å²) in [5.74, 6) is -0.288. The highest BCUT2D eigenvalue weighted by Crippen LogP contribution is 2.32. The van der Waals surface area contributed by atoms with Gasteiger partial charge in [0.2, 0.25) is 11.8 Å². The van der Waals surface area contributed by atoms with Crippen molar-refractivity contribution in [2.45, 2.75) is 45.2 Å². The average molecular weight is 289 g/mol. The number of rotatable bonds is 5. The zero-order valence-corrected chi connectivity index (χ0v) is 12.6. The molecule has 0 saturated heterocycles. The number of anilines is 1. The average Bonchev–Trinajstić information content (AvgIpc) is 2.90. The van der Waals surface area contributed by atoms with Crippen molar-refractivity contribution in [1.82, 2.24) is 5.32 Å². The Bertz CT molecular complexity index is 530. The van der Waals surface area contributed by atoms with Gasteiger partial charge in [-0.1, -0.05) is 32.0 Å². The molecule has 0 radical (unpaired) electrons. The van der Waals surface area contributed by atoms with Crippen molar-refractivity contribution in [3.63, 3.8) is 0 Å². The first kappa shape index (κ1) is 15.5.